The molecule has 0 spiro atoms. The van der Waals surface area contributed by atoms with E-state index < -0.39 is 31.4 Å². The van der Waals surface area contributed by atoms with Crippen LogP contribution in [0.2, 0.25) is 10.0 Å². The molecular weight excluding hydrogens is 473 g/mol. The normalized spacial score (nSPS) is 12.3. The Balaban J connectivity index is 1.63. The van der Waals surface area contributed by atoms with Crippen molar-refractivity contribution >= 4 is 54.8 Å². The lowest BCUT2D eigenvalue weighted by molar-refractivity contribution is 0.473. The molecule has 0 unspecified atom stereocenters. The van der Waals surface area contributed by atoms with Gasteiger partial charge in [-0.15, -0.1) is 10.2 Å². The van der Waals surface area contributed by atoms with Crippen molar-refractivity contribution in [1.29, 1.82) is 0 Å². The summed E-state index contributed by atoms with van der Waals surface area (Å²) in [7, 11) is -7.56. The molecule has 0 aliphatic heterocycles. The van der Waals surface area contributed by atoms with Gasteiger partial charge in [0, 0.05) is 21.1 Å². The van der Waals surface area contributed by atoms with E-state index in [9.17, 15) is 16.8 Å². The molecule has 2 aromatic carbocycles. The molecule has 0 saturated heterocycles. The Morgan fingerprint density at radius 2 is 1.37 bits per heavy atom. The summed E-state index contributed by atoms with van der Waals surface area (Å²) in [6, 6.07) is 12.7. The van der Waals surface area contributed by atoms with Crippen molar-refractivity contribution in [2.45, 2.75) is 11.5 Å². The molecule has 3 aromatic rings. The van der Waals surface area contributed by atoms with Gasteiger partial charge in [0.25, 0.3) is 0 Å². The van der Waals surface area contributed by atoms with E-state index in [1.165, 1.54) is 30.3 Å². The molecule has 1 N–H and O–H groups in total. The average Bonchev–Trinajstić information content (AvgIpc) is 3.08. The van der Waals surface area contributed by atoms with Crippen LogP contribution in [0.15, 0.2) is 58.4 Å². The molecule has 0 aliphatic carbocycles. The fraction of sp³-hybridized carbons (Fsp3) is 0.111. The lowest BCUT2D eigenvalue weighted by atomic mass is 10.2. The minimum atomic E-state index is -3.84. The molecule has 0 saturated carbocycles. The van der Waals surface area contributed by atoms with E-state index in [2.05, 4.69) is 14.9 Å². The van der Waals surface area contributed by atoms with Crippen molar-refractivity contribution in [2.75, 3.05) is 4.72 Å². The van der Waals surface area contributed by atoms with E-state index in [0.29, 0.717) is 21.3 Å². The van der Waals surface area contributed by atoms with E-state index in [1.54, 1.807) is 24.3 Å². The van der Waals surface area contributed by atoms with Gasteiger partial charge in [0.1, 0.15) is 11.5 Å². The first kappa shape index (κ1) is 22.3. The van der Waals surface area contributed by atoms with Crippen LogP contribution < -0.4 is 4.72 Å². The molecule has 0 atom stereocenters. The second kappa shape index (κ2) is 9.17. The molecule has 0 bridgehead atoms. The number of nitrogens with one attached hydrogen (secondary N) is 1. The van der Waals surface area contributed by atoms with Crippen molar-refractivity contribution in [3.63, 3.8) is 0 Å². The maximum atomic E-state index is 12.2. The lowest BCUT2D eigenvalue weighted by Gasteiger charge is -2.05. The van der Waals surface area contributed by atoms with Crippen LogP contribution in [0.4, 0.5) is 5.69 Å². The molecule has 12 heteroatoms. The summed E-state index contributed by atoms with van der Waals surface area (Å²) in [6.45, 7) is 0. The van der Waals surface area contributed by atoms with Gasteiger partial charge in [0.2, 0.25) is 21.8 Å². The zero-order chi connectivity index (χ0) is 21.8. The van der Waals surface area contributed by atoms with Crippen molar-refractivity contribution in [1.82, 2.24) is 10.2 Å². The van der Waals surface area contributed by atoms with Gasteiger partial charge in [-0.2, -0.15) is 0 Å². The second-order valence-electron chi connectivity index (χ2n) is 6.12. The highest BCUT2D eigenvalue weighted by Gasteiger charge is 2.19. The van der Waals surface area contributed by atoms with Gasteiger partial charge in [-0.3, -0.25) is 4.72 Å². The number of sulfonamides is 1. The van der Waals surface area contributed by atoms with Crippen molar-refractivity contribution in [3.05, 3.63) is 81.3 Å². The van der Waals surface area contributed by atoms with Crippen LogP contribution in [-0.2, 0) is 31.4 Å². The Morgan fingerprint density at radius 3 is 1.97 bits per heavy atom. The van der Waals surface area contributed by atoms with Gasteiger partial charge in [0.05, 0.1) is 0 Å². The fourth-order valence-electron chi connectivity index (χ4n) is 2.28. The standard InChI is InChI=1S/C18H15Cl2N3O5S2/c19-14-3-1-13(2-4-14)9-10-29(24,25)11-17-21-22-18(28-17)12-30(26,27)23-16-7-5-15(20)6-8-16/h1-10,23H,11-12H2/b10-9+. The fourth-order valence-corrected chi connectivity index (χ4v) is 4.46. The number of rotatable bonds is 8. The molecule has 1 aromatic heterocycles. The zero-order valence-electron chi connectivity index (χ0n) is 15.2. The van der Waals surface area contributed by atoms with Crippen LogP contribution in [-0.4, -0.2) is 27.0 Å². The van der Waals surface area contributed by atoms with Crippen LogP contribution in [0.3, 0.4) is 0 Å². The molecule has 0 radical (unpaired) electrons. The number of hydrogen-bond donors (Lipinski definition) is 1. The number of sulfone groups is 1. The third-order valence-electron chi connectivity index (χ3n) is 3.60. The monoisotopic (exact) mass is 487 g/mol. The summed E-state index contributed by atoms with van der Waals surface area (Å²) in [5.41, 5.74) is 0.961. The third-order valence-corrected chi connectivity index (χ3v) is 6.48. The SMILES string of the molecule is O=S(=O)(/C=C/c1ccc(Cl)cc1)Cc1nnc(CS(=O)(=O)Nc2ccc(Cl)cc2)o1. The number of halogens is 2. The van der Waals surface area contributed by atoms with Crippen LogP contribution in [0, 0.1) is 0 Å². The Hall–Kier alpha value is -2.40. The summed E-state index contributed by atoms with van der Waals surface area (Å²) in [4.78, 5) is 0. The summed E-state index contributed by atoms with van der Waals surface area (Å²) < 4.78 is 56.4. The smallest absolute Gasteiger partial charge is 0.241 e. The van der Waals surface area contributed by atoms with Crippen LogP contribution in [0.25, 0.3) is 6.08 Å². The second-order valence-corrected chi connectivity index (χ2v) is 10.6. The highest BCUT2D eigenvalue weighted by Crippen LogP contribution is 2.17. The van der Waals surface area contributed by atoms with Crippen molar-refractivity contribution in [3.8, 4) is 0 Å². The molecule has 3 rings (SSSR count). The van der Waals surface area contributed by atoms with E-state index in [1.807, 2.05) is 0 Å². The first-order valence-corrected chi connectivity index (χ1v) is 12.5. The van der Waals surface area contributed by atoms with E-state index in [0.717, 1.165) is 5.41 Å². The highest BCUT2D eigenvalue weighted by atomic mass is 35.5. The molecule has 30 heavy (non-hydrogen) atoms. The Labute approximate surface area is 183 Å². The number of anilines is 1. The maximum Gasteiger partial charge on any atom is 0.241 e. The minimum absolute atomic E-state index is 0.215. The van der Waals surface area contributed by atoms with Gasteiger partial charge in [-0.25, -0.2) is 16.8 Å². The summed E-state index contributed by atoms with van der Waals surface area (Å²) >= 11 is 11.5. The minimum Gasteiger partial charge on any atom is -0.423 e. The Bertz CT molecular complexity index is 1250. The quantitative estimate of drug-likeness (QED) is 0.511. The number of aromatic nitrogens is 2. The molecule has 8 nitrogen and oxygen atoms in total. The van der Waals surface area contributed by atoms with Gasteiger partial charge >= 0.3 is 0 Å². The number of nitrogens with zero attached hydrogens (tertiary/aromatic N) is 2. The number of hydrogen-bond acceptors (Lipinski definition) is 7. The van der Waals surface area contributed by atoms with Crippen molar-refractivity contribution in [2.24, 2.45) is 0 Å². The van der Waals surface area contributed by atoms with Crippen LogP contribution >= 0.6 is 23.2 Å². The Kier molecular flexibility index (Phi) is 6.81. The largest absolute Gasteiger partial charge is 0.423 e. The molecule has 1 heterocycles. The summed E-state index contributed by atoms with van der Waals surface area (Å²) in [5.74, 6) is -1.62. The summed E-state index contributed by atoms with van der Waals surface area (Å²) in [5, 5.41) is 9.24. The highest BCUT2D eigenvalue weighted by molar-refractivity contribution is 7.93. The third kappa shape index (κ3) is 6.84. The van der Waals surface area contributed by atoms with E-state index in [4.69, 9.17) is 27.6 Å². The van der Waals surface area contributed by atoms with Gasteiger partial charge in [-0.05, 0) is 48.0 Å². The van der Waals surface area contributed by atoms with Crippen molar-refractivity contribution < 1.29 is 21.3 Å². The number of benzene rings is 2. The van der Waals surface area contributed by atoms with E-state index in [-0.39, 0.29) is 11.8 Å². The predicted molar refractivity (Wildman–Crippen MR) is 115 cm³/mol. The van der Waals surface area contributed by atoms with Gasteiger partial charge in [-0.1, -0.05) is 35.3 Å². The molecule has 158 valence electrons. The first-order chi connectivity index (χ1) is 14.1. The predicted octanol–water partition coefficient (Wildman–Crippen LogP) is 3.90. The molecule has 0 aliphatic rings. The average molecular weight is 488 g/mol. The molecule has 0 fully saturated rings. The molecule has 0 amide bonds. The first-order valence-electron chi connectivity index (χ1n) is 8.34. The maximum absolute atomic E-state index is 12.2. The van der Waals surface area contributed by atoms with Crippen LogP contribution in [0.1, 0.15) is 17.3 Å². The Morgan fingerprint density at radius 1 is 0.833 bits per heavy atom. The van der Waals surface area contributed by atoms with Gasteiger partial charge < -0.3 is 4.42 Å². The van der Waals surface area contributed by atoms with E-state index >= 15 is 0 Å². The summed E-state index contributed by atoms with van der Waals surface area (Å²) in [6.07, 6.45) is 1.41. The molecular formula is C18H15Cl2N3O5S2. The lowest BCUT2D eigenvalue weighted by Crippen LogP contribution is -2.15. The zero-order valence-corrected chi connectivity index (χ0v) is 18.3. The van der Waals surface area contributed by atoms with Gasteiger partial charge in [0.15, 0.2) is 9.84 Å². The topological polar surface area (TPSA) is 119 Å². The van der Waals surface area contributed by atoms with Crippen LogP contribution in [0.5, 0.6) is 0 Å².